The predicted molar refractivity (Wildman–Crippen MR) is 137 cm³/mol. The zero-order valence-electron chi connectivity index (χ0n) is 19.9. The molecule has 0 spiro atoms. The van der Waals surface area contributed by atoms with Gasteiger partial charge in [0.05, 0.1) is 17.8 Å². The maximum absolute atomic E-state index is 12.8. The van der Waals surface area contributed by atoms with Gasteiger partial charge in [-0.3, -0.25) is 14.5 Å². The van der Waals surface area contributed by atoms with Crippen molar-refractivity contribution in [2.75, 3.05) is 42.9 Å². The number of rotatable bonds is 7. The van der Waals surface area contributed by atoms with Crippen LogP contribution < -0.4 is 15.5 Å². The van der Waals surface area contributed by atoms with E-state index >= 15 is 0 Å². The summed E-state index contributed by atoms with van der Waals surface area (Å²) < 4.78 is 0. The minimum Gasteiger partial charge on any atom is -0.369 e. The second-order valence-electron chi connectivity index (χ2n) is 8.74. The van der Waals surface area contributed by atoms with E-state index in [4.69, 9.17) is 0 Å². The van der Waals surface area contributed by atoms with Gasteiger partial charge in [-0.05, 0) is 48.7 Å². The van der Waals surface area contributed by atoms with Gasteiger partial charge < -0.3 is 15.5 Å². The summed E-state index contributed by atoms with van der Waals surface area (Å²) in [5, 5.41) is 5.87. The highest BCUT2D eigenvalue weighted by Gasteiger charge is 2.21. The average Bonchev–Trinajstić information content (AvgIpc) is 2.86. The molecule has 34 heavy (non-hydrogen) atoms. The molecule has 1 saturated heterocycles. The topological polar surface area (TPSA) is 64.7 Å². The molecular weight excluding hydrogens is 424 g/mol. The molecular formula is C28H32N4O2. The average molecular weight is 457 g/mol. The molecule has 1 aliphatic heterocycles. The van der Waals surface area contributed by atoms with Crippen molar-refractivity contribution in [3.63, 3.8) is 0 Å². The minimum atomic E-state index is -0.207. The van der Waals surface area contributed by atoms with Gasteiger partial charge in [0.15, 0.2) is 0 Å². The number of hydrogen-bond acceptors (Lipinski definition) is 4. The highest BCUT2D eigenvalue weighted by atomic mass is 16.2. The van der Waals surface area contributed by atoms with Crippen molar-refractivity contribution in [3.05, 3.63) is 95.1 Å². The number of carbonyl (C=O) groups is 2. The minimum absolute atomic E-state index is 0.108. The van der Waals surface area contributed by atoms with Crippen LogP contribution in [0.15, 0.2) is 72.8 Å². The summed E-state index contributed by atoms with van der Waals surface area (Å²) >= 11 is 0. The first-order valence-electron chi connectivity index (χ1n) is 11.8. The number of para-hydroxylation sites is 1. The third-order valence-corrected chi connectivity index (χ3v) is 6.40. The first-order chi connectivity index (χ1) is 16.5. The van der Waals surface area contributed by atoms with Gasteiger partial charge in [0.25, 0.3) is 5.91 Å². The Hall–Kier alpha value is -3.64. The Kier molecular flexibility index (Phi) is 7.60. The lowest BCUT2D eigenvalue weighted by molar-refractivity contribution is -0.117. The van der Waals surface area contributed by atoms with Crippen LogP contribution in [0, 0.1) is 13.8 Å². The quantitative estimate of drug-likeness (QED) is 0.564. The molecule has 3 aromatic carbocycles. The van der Waals surface area contributed by atoms with Crippen LogP contribution in [-0.2, 0) is 11.3 Å². The molecule has 2 amide bonds. The van der Waals surface area contributed by atoms with E-state index < -0.39 is 0 Å². The fraction of sp³-hybridized carbons (Fsp3) is 0.286. The van der Waals surface area contributed by atoms with Crippen LogP contribution in [0.3, 0.4) is 0 Å². The van der Waals surface area contributed by atoms with Crippen molar-refractivity contribution in [2.45, 2.75) is 20.4 Å². The Morgan fingerprint density at radius 1 is 0.824 bits per heavy atom. The highest BCUT2D eigenvalue weighted by Crippen LogP contribution is 2.24. The Balaban J connectivity index is 1.31. The Morgan fingerprint density at radius 3 is 2.29 bits per heavy atom. The van der Waals surface area contributed by atoms with Gasteiger partial charge in [-0.15, -0.1) is 0 Å². The molecule has 0 bridgehead atoms. The smallest absolute Gasteiger partial charge is 0.253 e. The van der Waals surface area contributed by atoms with E-state index in [1.807, 2.05) is 36.4 Å². The maximum Gasteiger partial charge on any atom is 0.253 e. The second kappa shape index (κ2) is 11.0. The van der Waals surface area contributed by atoms with Crippen molar-refractivity contribution >= 4 is 23.2 Å². The fourth-order valence-electron chi connectivity index (χ4n) is 4.28. The Bertz CT molecular complexity index is 1140. The number of carbonyl (C=O) groups excluding carboxylic acids is 2. The van der Waals surface area contributed by atoms with Crippen LogP contribution in [0.1, 0.15) is 27.0 Å². The number of aryl methyl sites for hydroxylation is 1. The molecule has 6 nitrogen and oxygen atoms in total. The molecule has 0 aliphatic carbocycles. The lowest BCUT2D eigenvalue weighted by atomic mass is 10.1. The van der Waals surface area contributed by atoms with E-state index in [9.17, 15) is 9.59 Å². The zero-order valence-corrected chi connectivity index (χ0v) is 19.9. The molecule has 1 aliphatic rings. The predicted octanol–water partition coefficient (Wildman–Crippen LogP) is 3.99. The largest absolute Gasteiger partial charge is 0.369 e. The number of benzene rings is 3. The van der Waals surface area contributed by atoms with Gasteiger partial charge in [-0.1, -0.05) is 54.6 Å². The Labute approximate surface area is 201 Å². The standard InChI is InChI=1S/C28H32N4O2/c1-21-9-8-14-26(22(21)2)32-17-15-31(16-18-32)20-27(33)30-25-13-7-6-12-24(25)28(34)29-19-23-10-4-3-5-11-23/h3-14H,15-20H2,1-2H3,(H,29,34)(H,30,33). The third kappa shape index (κ3) is 5.83. The van der Waals surface area contributed by atoms with E-state index in [0.717, 1.165) is 31.7 Å². The van der Waals surface area contributed by atoms with Gasteiger partial charge >= 0.3 is 0 Å². The van der Waals surface area contributed by atoms with Crippen LogP contribution in [0.25, 0.3) is 0 Å². The summed E-state index contributed by atoms with van der Waals surface area (Å²) in [5.74, 6) is -0.314. The van der Waals surface area contributed by atoms with Gasteiger partial charge in [0.2, 0.25) is 5.91 Å². The van der Waals surface area contributed by atoms with Crippen molar-refractivity contribution in [2.24, 2.45) is 0 Å². The normalized spacial score (nSPS) is 14.0. The third-order valence-electron chi connectivity index (χ3n) is 6.40. The van der Waals surface area contributed by atoms with Crippen LogP contribution in [-0.4, -0.2) is 49.4 Å². The van der Waals surface area contributed by atoms with Crippen LogP contribution in [0.4, 0.5) is 11.4 Å². The molecule has 1 heterocycles. The molecule has 0 saturated carbocycles. The van der Waals surface area contributed by atoms with Crippen molar-refractivity contribution < 1.29 is 9.59 Å². The number of piperazine rings is 1. The molecule has 176 valence electrons. The SMILES string of the molecule is Cc1cccc(N2CCN(CC(=O)Nc3ccccc3C(=O)NCc3ccccc3)CC2)c1C. The number of nitrogens with zero attached hydrogens (tertiary/aromatic N) is 2. The summed E-state index contributed by atoms with van der Waals surface area (Å²) in [6, 6.07) is 23.3. The molecule has 0 atom stereocenters. The summed E-state index contributed by atoms with van der Waals surface area (Å²) in [7, 11) is 0. The van der Waals surface area contributed by atoms with Crippen molar-refractivity contribution in [1.82, 2.24) is 10.2 Å². The van der Waals surface area contributed by atoms with Gasteiger partial charge in [-0.2, -0.15) is 0 Å². The van der Waals surface area contributed by atoms with Crippen LogP contribution in [0.2, 0.25) is 0 Å². The first-order valence-corrected chi connectivity index (χ1v) is 11.8. The first kappa shape index (κ1) is 23.5. The van der Waals surface area contributed by atoms with Gasteiger partial charge in [-0.25, -0.2) is 0 Å². The van der Waals surface area contributed by atoms with Gasteiger partial charge in [0, 0.05) is 38.4 Å². The molecule has 0 radical (unpaired) electrons. The van der Waals surface area contributed by atoms with E-state index in [2.05, 4.69) is 52.5 Å². The summed E-state index contributed by atoms with van der Waals surface area (Å²) in [4.78, 5) is 30.1. The number of anilines is 2. The number of hydrogen-bond donors (Lipinski definition) is 2. The maximum atomic E-state index is 12.8. The molecule has 0 unspecified atom stereocenters. The van der Waals surface area contributed by atoms with Crippen LogP contribution >= 0.6 is 0 Å². The van der Waals surface area contributed by atoms with Gasteiger partial charge in [0.1, 0.15) is 0 Å². The molecule has 1 fully saturated rings. The monoisotopic (exact) mass is 456 g/mol. The zero-order chi connectivity index (χ0) is 23.9. The van der Waals surface area contributed by atoms with Crippen LogP contribution in [0.5, 0.6) is 0 Å². The summed E-state index contributed by atoms with van der Waals surface area (Å²) in [6.07, 6.45) is 0. The van der Waals surface area contributed by atoms with E-state index in [0.29, 0.717) is 24.3 Å². The van der Waals surface area contributed by atoms with E-state index in [1.54, 1.807) is 18.2 Å². The molecule has 3 aromatic rings. The molecule has 2 N–H and O–H groups in total. The van der Waals surface area contributed by atoms with E-state index in [1.165, 1.54) is 16.8 Å². The Morgan fingerprint density at radius 2 is 1.53 bits per heavy atom. The number of amides is 2. The molecule has 0 aromatic heterocycles. The molecule has 4 rings (SSSR count). The lowest BCUT2D eigenvalue weighted by Gasteiger charge is -2.36. The molecule has 6 heteroatoms. The van der Waals surface area contributed by atoms with Crippen molar-refractivity contribution in [3.8, 4) is 0 Å². The second-order valence-corrected chi connectivity index (χ2v) is 8.74. The highest BCUT2D eigenvalue weighted by molar-refractivity contribution is 6.04. The lowest BCUT2D eigenvalue weighted by Crippen LogP contribution is -2.49. The summed E-state index contributed by atoms with van der Waals surface area (Å²) in [5.41, 5.74) is 5.91. The van der Waals surface area contributed by atoms with Crippen molar-refractivity contribution in [1.29, 1.82) is 0 Å². The number of nitrogens with one attached hydrogen (secondary N) is 2. The van der Waals surface area contributed by atoms with E-state index in [-0.39, 0.29) is 11.8 Å². The fourth-order valence-corrected chi connectivity index (χ4v) is 4.28. The summed E-state index contributed by atoms with van der Waals surface area (Å²) in [6.45, 7) is 8.45.